The van der Waals surface area contributed by atoms with E-state index < -0.39 is 35.2 Å². The molecule has 0 fully saturated rings. The molecule has 9 heteroatoms. The van der Waals surface area contributed by atoms with Crippen LogP contribution in [0.5, 0.6) is 0 Å². The van der Waals surface area contributed by atoms with Gasteiger partial charge in [0.25, 0.3) is 11.8 Å². The van der Waals surface area contributed by atoms with Crippen LogP contribution >= 0.6 is 0 Å². The van der Waals surface area contributed by atoms with Crippen molar-refractivity contribution in [3.63, 3.8) is 0 Å². The summed E-state index contributed by atoms with van der Waals surface area (Å²) >= 11 is 0. The zero-order chi connectivity index (χ0) is 17.5. The molecule has 0 N–H and O–H groups in total. The SMILES string of the molecule is O=C(ON1C(=O)c2ccccc2C1=O)c1cccnc1C(F)(F)F. The molecule has 3 rings (SSSR count). The Morgan fingerprint density at radius 1 is 1.00 bits per heavy atom. The smallest absolute Gasteiger partial charge is 0.324 e. The summed E-state index contributed by atoms with van der Waals surface area (Å²) in [6, 6.07) is 7.63. The van der Waals surface area contributed by atoms with E-state index in [1.54, 1.807) is 0 Å². The van der Waals surface area contributed by atoms with E-state index in [0.717, 1.165) is 18.3 Å². The predicted octanol–water partition coefficient (Wildman–Crippen LogP) is 2.47. The van der Waals surface area contributed by atoms with Crippen molar-refractivity contribution in [3.05, 3.63) is 65.0 Å². The summed E-state index contributed by atoms with van der Waals surface area (Å²) in [6.07, 6.45) is -4.03. The number of benzene rings is 1. The molecular formula is C15H7F3N2O4. The highest BCUT2D eigenvalue weighted by Crippen LogP contribution is 2.31. The van der Waals surface area contributed by atoms with E-state index >= 15 is 0 Å². The van der Waals surface area contributed by atoms with Gasteiger partial charge in [-0.2, -0.15) is 13.2 Å². The number of fused-ring (bicyclic) bond motifs is 1. The fraction of sp³-hybridized carbons (Fsp3) is 0.0667. The summed E-state index contributed by atoms with van der Waals surface area (Å²) in [4.78, 5) is 43.8. The first-order valence-electron chi connectivity index (χ1n) is 6.53. The topological polar surface area (TPSA) is 76.6 Å². The molecule has 0 unspecified atom stereocenters. The fourth-order valence-electron chi connectivity index (χ4n) is 2.18. The lowest BCUT2D eigenvalue weighted by molar-refractivity contribution is -0.142. The molecule has 0 atom stereocenters. The van der Waals surface area contributed by atoms with Crippen molar-refractivity contribution in [2.45, 2.75) is 6.18 Å². The zero-order valence-electron chi connectivity index (χ0n) is 11.7. The Hall–Kier alpha value is -3.23. The van der Waals surface area contributed by atoms with Gasteiger partial charge < -0.3 is 4.84 Å². The van der Waals surface area contributed by atoms with Gasteiger partial charge in [0.15, 0.2) is 5.69 Å². The number of hydrogen-bond donors (Lipinski definition) is 0. The molecule has 0 saturated heterocycles. The molecule has 2 heterocycles. The van der Waals surface area contributed by atoms with Gasteiger partial charge in [0.05, 0.1) is 16.7 Å². The molecule has 0 aliphatic carbocycles. The highest BCUT2D eigenvalue weighted by Gasteiger charge is 2.41. The number of halogens is 3. The van der Waals surface area contributed by atoms with Crippen LogP contribution in [0.25, 0.3) is 0 Å². The summed E-state index contributed by atoms with van der Waals surface area (Å²) in [5.41, 5.74) is -2.37. The molecule has 2 aromatic rings. The first-order chi connectivity index (χ1) is 11.3. The van der Waals surface area contributed by atoms with Crippen molar-refractivity contribution in [2.24, 2.45) is 0 Å². The minimum Gasteiger partial charge on any atom is -0.324 e. The summed E-state index contributed by atoms with van der Waals surface area (Å²) in [5.74, 6) is -3.37. The van der Waals surface area contributed by atoms with Crippen LogP contribution in [-0.2, 0) is 11.0 Å². The highest BCUT2D eigenvalue weighted by molar-refractivity contribution is 6.21. The van der Waals surface area contributed by atoms with Crippen LogP contribution < -0.4 is 0 Å². The number of aromatic nitrogens is 1. The number of hydroxylamine groups is 2. The minimum absolute atomic E-state index is 0.00229. The maximum Gasteiger partial charge on any atom is 0.434 e. The molecule has 1 aliphatic rings. The van der Waals surface area contributed by atoms with Crippen LogP contribution in [0.3, 0.4) is 0 Å². The Balaban J connectivity index is 1.90. The third kappa shape index (κ3) is 2.49. The first-order valence-corrected chi connectivity index (χ1v) is 6.53. The van der Waals surface area contributed by atoms with Gasteiger partial charge in [-0.25, -0.2) is 4.79 Å². The highest BCUT2D eigenvalue weighted by atomic mass is 19.4. The molecule has 0 saturated carbocycles. The molecule has 0 spiro atoms. The van der Waals surface area contributed by atoms with E-state index in [9.17, 15) is 27.6 Å². The lowest BCUT2D eigenvalue weighted by Crippen LogP contribution is -2.33. The van der Waals surface area contributed by atoms with Crippen LogP contribution in [0.2, 0.25) is 0 Å². The third-order valence-corrected chi connectivity index (χ3v) is 3.23. The second-order valence-electron chi connectivity index (χ2n) is 4.73. The van der Waals surface area contributed by atoms with Crippen molar-refractivity contribution in [3.8, 4) is 0 Å². The molecule has 1 aromatic heterocycles. The normalized spacial score (nSPS) is 13.9. The van der Waals surface area contributed by atoms with Crippen molar-refractivity contribution in [2.75, 3.05) is 0 Å². The summed E-state index contributed by atoms with van der Waals surface area (Å²) < 4.78 is 38.6. The Kier molecular flexibility index (Phi) is 3.55. The molecule has 1 aromatic carbocycles. The number of carbonyl (C=O) groups is 3. The number of amides is 2. The minimum atomic E-state index is -4.89. The van der Waals surface area contributed by atoms with E-state index in [1.165, 1.54) is 24.3 Å². The number of nitrogens with zero attached hydrogens (tertiary/aromatic N) is 2. The van der Waals surface area contributed by atoms with Crippen LogP contribution in [0.1, 0.15) is 36.8 Å². The van der Waals surface area contributed by atoms with Gasteiger partial charge in [-0.15, -0.1) is 0 Å². The largest absolute Gasteiger partial charge is 0.434 e. The number of alkyl halides is 3. The standard InChI is InChI=1S/C15H7F3N2O4/c16-15(17,18)11-10(6-3-7-19-11)14(23)24-20-12(21)8-4-1-2-5-9(8)13(20)22/h1-7H. The van der Waals surface area contributed by atoms with Crippen LogP contribution in [0.15, 0.2) is 42.6 Å². The van der Waals surface area contributed by atoms with E-state index in [0.29, 0.717) is 0 Å². The molecular weight excluding hydrogens is 329 g/mol. The van der Waals surface area contributed by atoms with Crippen LogP contribution in [0, 0.1) is 0 Å². The Morgan fingerprint density at radius 3 is 2.12 bits per heavy atom. The van der Waals surface area contributed by atoms with Crippen molar-refractivity contribution < 1.29 is 32.4 Å². The number of imide groups is 1. The molecule has 2 amide bonds. The van der Waals surface area contributed by atoms with E-state index in [-0.39, 0.29) is 16.2 Å². The van der Waals surface area contributed by atoms with Gasteiger partial charge in [-0.1, -0.05) is 17.2 Å². The fourth-order valence-corrected chi connectivity index (χ4v) is 2.18. The molecule has 6 nitrogen and oxygen atoms in total. The predicted molar refractivity (Wildman–Crippen MR) is 71.6 cm³/mol. The summed E-state index contributed by atoms with van der Waals surface area (Å²) in [5, 5.41) is 0.139. The van der Waals surface area contributed by atoms with Gasteiger partial charge in [-0.05, 0) is 24.3 Å². The van der Waals surface area contributed by atoms with Crippen LogP contribution in [0.4, 0.5) is 13.2 Å². The second kappa shape index (κ2) is 5.44. The molecule has 122 valence electrons. The number of rotatable bonds is 2. The first kappa shape index (κ1) is 15.7. The Morgan fingerprint density at radius 2 is 1.58 bits per heavy atom. The average molecular weight is 336 g/mol. The lowest BCUT2D eigenvalue weighted by Gasteiger charge is -2.14. The molecule has 0 radical (unpaired) electrons. The molecule has 1 aliphatic heterocycles. The molecule has 0 bridgehead atoms. The van der Waals surface area contributed by atoms with Crippen molar-refractivity contribution in [1.82, 2.24) is 10.0 Å². The second-order valence-corrected chi connectivity index (χ2v) is 4.73. The zero-order valence-corrected chi connectivity index (χ0v) is 11.7. The maximum atomic E-state index is 12.9. The Labute approximate surface area is 132 Å². The van der Waals surface area contributed by atoms with E-state index in [2.05, 4.69) is 9.82 Å². The van der Waals surface area contributed by atoms with Gasteiger partial charge in [0.2, 0.25) is 0 Å². The number of hydrogen-bond acceptors (Lipinski definition) is 5. The van der Waals surface area contributed by atoms with Crippen molar-refractivity contribution in [1.29, 1.82) is 0 Å². The van der Waals surface area contributed by atoms with E-state index in [4.69, 9.17) is 0 Å². The average Bonchev–Trinajstić information content (AvgIpc) is 2.79. The third-order valence-electron chi connectivity index (χ3n) is 3.23. The van der Waals surface area contributed by atoms with Gasteiger partial charge in [0.1, 0.15) is 0 Å². The number of carbonyl (C=O) groups excluding carboxylic acids is 3. The lowest BCUT2D eigenvalue weighted by atomic mass is 10.1. The van der Waals surface area contributed by atoms with Gasteiger partial charge >= 0.3 is 12.1 Å². The van der Waals surface area contributed by atoms with Gasteiger partial charge in [0, 0.05) is 6.20 Å². The van der Waals surface area contributed by atoms with Gasteiger partial charge in [-0.3, -0.25) is 14.6 Å². The van der Waals surface area contributed by atoms with Crippen molar-refractivity contribution >= 4 is 17.8 Å². The monoisotopic (exact) mass is 336 g/mol. The van der Waals surface area contributed by atoms with E-state index in [1.807, 2.05) is 0 Å². The van der Waals surface area contributed by atoms with Crippen LogP contribution in [-0.4, -0.2) is 27.8 Å². The number of pyridine rings is 1. The Bertz CT molecular complexity index is 829. The summed E-state index contributed by atoms with van der Waals surface area (Å²) in [7, 11) is 0. The molecule has 24 heavy (non-hydrogen) atoms. The summed E-state index contributed by atoms with van der Waals surface area (Å²) in [6.45, 7) is 0. The quantitative estimate of drug-likeness (QED) is 0.788. The maximum absolute atomic E-state index is 12.9.